The van der Waals surface area contributed by atoms with Crippen molar-refractivity contribution in [1.29, 1.82) is 0 Å². The third-order valence-corrected chi connectivity index (χ3v) is 3.33. The van der Waals surface area contributed by atoms with Crippen molar-refractivity contribution in [3.05, 3.63) is 0 Å². The standard InChI is InChI=1S/C11H22F2N2/c1-4-8(2)10-5-14-9(3)6-15(10)7-11(12)13/h8-11,14H,4-7H2,1-3H3. The highest BCUT2D eigenvalue weighted by molar-refractivity contribution is 4.87. The highest BCUT2D eigenvalue weighted by Crippen LogP contribution is 2.19. The minimum atomic E-state index is -2.22. The molecule has 1 aliphatic rings. The van der Waals surface area contributed by atoms with Crippen LogP contribution in [-0.2, 0) is 0 Å². The van der Waals surface area contributed by atoms with Crippen molar-refractivity contribution in [2.45, 2.75) is 45.7 Å². The van der Waals surface area contributed by atoms with Gasteiger partial charge in [0, 0.05) is 25.2 Å². The summed E-state index contributed by atoms with van der Waals surface area (Å²) in [5, 5.41) is 3.36. The first-order valence-corrected chi connectivity index (χ1v) is 5.80. The molecule has 1 heterocycles. The molecule has 15 heavy (non-hydrogen) atoms. The Hall–Kier alpha value is -0.220. The van der Waals surface area contributed by atoms with Gasteiger partial charge in [0.25, 0.3) is 6.43 Å². The van der Waals surface area contributed by atoms with Crippen LogP contribution >= 0.6 is 0 Å². The van der Waals surface area contributed by atoms with Gasteiger partial charge in [-0.05, 0) is 12.8 Å². The Labute approximate surface area is 91.0 Å². The molecule has 1 aliphatic heterocycles. The van der Waals surface area contributed by atoms with Crippen LogP contribution in [0.2, 0.25) is 0 Å². The van der Waals surface area contributed by atoms with Crippen molar-refractivity contribution < 1.29 is 8.78 Å². The van der Waals surface area contributed by atoms with E-state index in [4.69, 9.17) is 0 Å². The fraction of sp³-hybridized carbons (Fsp3) is 1.00. The number of piperazine rings is 1. The van der Waals surface area contributed by atoms with Gasteiger partial charge in [-0.25, -0.2) is 8.78 Å². The third-order valence-electron chi connectivity index (χ3n) is 3.33. The fourth-order valence-corrected chi connectivity index (χ4v) is 2.22. The van der Waals surface area contributed by atoms with Crippen molar-refractivity contribution in [2.24, 2.45) is 5.92 Å². The predicted molar refractivity (Wildman–Crippen MR) is 58.3 cm³/mol. The monoisotopic (exact) mass is 220 g/mol. The van der Waals surface area contributed by atoms with Crippen LogP contribution in [0.3, 0.4) is 0 Å². The molecule has 90 valence electrons. The number of halogens is 2. The first-order chi connectivity index (χ1) is 7.04. The first kappa shape index (κ1) is 12.8. The SMILES string of the molecule is CCC(C)C1CNC(C)CN1CC(F)F. The maximum absolute atomic E-state index is 12.4. The van der Waals surface area contributed by atoms with E-state index in [1.165, 1.54) is 0 Å². The lowest BCUT2D eigenvalue weighted by molar-refractivity contribution is 0.0274. The average Bonchev–Trinajstić information content (AvgIpc) is 2.16. The molecule has 3 atom stereocenters. The van der Waals surface area contributed by atoms with Gasteiger partial charge in [-0.3, -0.25) is 4.90 Å². The van der Waals surface area contributed by atoms with Gasteiger partial charge in [0.1, 0.15) is 0 Å². The molecular formula is C11H22F2N2. The first-order valence-electron chi connectivity index (χ1n) is 5.80. The van der Waals surface area contributed by atoms with Gasteiger partial charge in [0.2, 0.25) is 0 Å². The van der Waals surface area contributed by atoms with E-state index in [2.05, 4.69) is 19.2 Å². The molecule has 0 aliphatic carbocycles. The molecule has 1 N–H and O–H groups in total. The molecule has 0 aromatic rings. The normalized spacial score (nSPS) is 30.8. The van der Waals surface area contributed by atoms with Crippen molar-refractivity contribution >= 4 is 0 Å². The quantitative estimate of drug-likeness (QED) is 0.779. The van der Waals surface area contributed by atoms with Crippen molar-refractivity contribution in [3.63, 3.8) is 0 Å². The summed E-state index contributed by atoms with van der Waals surface area (Å²) in [5.41, 5.74) is 0. The molecule has 0 aromatic carbocycles. The summed E-state index contributed by atoms with van der Waals surface area (Å²) < 4.78 is 24.9. The Kier molecular flexibility index (Phi) is 4.93. The molecule has 1 fully saturated rings. The Balaban J connectivity index is 2.57. The molecular weight excluding hydrogens is 198 g/mol. The Morgan fingerprint density at radius 2 is 2.13 bits per heavy atom. The van der Waals surface area contributed by atoms with Gasteiger partial charge < -0.3 is 5.32 Å². The maximum atomic E-state index is 12.4. The van der Waals surface area contributed by atoms with Gasteiger partial charge in [0.15, 0.2) is 0 Å². The topological polar surface area (TPSA) is 15.3 Å². The second kappa shape index (κ2) is 5.75. The molecule has 0 radical (unpaired) electrons. The summed E-state index contributed by atoms with van der Waals surface area (Å²) in [6.45, 7) is 7.79. The van der Waals surface area contributed by atoms with E-state index in [1.807, 2.05) is 11.8 Å². The molecule has 3 unspecified atom stereocenters. The van der Waals surface area contributed by atoms with Crippen LogP contribution in [0.1, 0.15) is 27.2 Å². The second-order valence-electron chi connectivity index (χ2n) is 4.61. The number of hydrogen-bond donors (Lipinski definition) is 1. The average molecular weight is 220 g/mol. The summed E-state index contributed by atoms with van der Waals surface area (Å²) in [6, 6.07) is 0.587. The molecule has 2 nitrogen and oxygen atoms in total. The zero-order valence-corrected chi connectivity index (χ0v) is 9.84. The fourth-order valence-electron chi connectivity index (χ4n) is 2.22. The minimum Gasteiger partial charge on any atom is -0.311 e. The van der Waals surface area contributed by atoms with E-state index in [9.17, 15) is 8.78 Å². The molecule has 1 saturated heterocycles. The second-order valence-corrected chi connectivity index (χ2v) is 4.61. The molecule has 4 heteroatoms. The van der Waals surface area contributed by atoms with E-state index < -0.39 is 6.43 Å². The van der Waals surface area contributed by atoms with Crippen LogP contribution in [0.5, 0.6) is 0 Å². The molecule has 0 spiro atoms. The van der Waals surface area contributed by atoms with Crippen LogP contribution in [0.4, 0.5) is 8.78 Å². The zero-order chi connectivity index (χ0) is 11.4. The zero-order valence-electron chi connectivity index (χ0n) is 9.84. The lowest BCUT2D eigenvalue weighted by Gasteiger charge is -2.42. The summed E-state index contributed by atoms with van der Waals surface area (Å²) >= 11 is 0. The van der Waals surface area contributed by atoms with Crippen molar-refractivity contribution in [1.82, 2.24) is 10.2 Å². The lowest BCUT2D eigenvalue weighted by atomic mass is 9.95. The molecule has 0 amide bonds. The van der Waals surface area contributed by atoms with E-state index in [0.29, 0.717) is 12.0 Å². The number of rotatable bonds is 4. The van der Waals surface area contributed by atoms with E-state index in [-0.39, 0.29) is 12.6 Å². The Bertz CT molecular complexity index is 185. The summed E-state index contributed by atoms with van der Waals surface area (Å²) in [5.74, 6) is 0.476. The number of alkyl halides is 2. The number of nitrogens with one attached hydrogen (secondary N) is 1. The number of nitrogens with zero attached hydrogens (tertiary/aromatic N) is 1. The van der Waals surface area contributed by atoms with Crippen LogP contribution in [0, 0.1) is 5.92 Å². The van der Waals surface area contributed by atoms with Gasteiger partial charge >= 0.3 is 0 Å². The van der Waals surface area contributed by atoms with E-state index in [1.54, 1.807) is 0 Å². The van der Waals surface area contributed by atoms with Crippen molar-refractivity contribution in [2.75, 3.05) is 19.6 Å². The summed E-state index contributed by atoms with van der Waals surface area (Å²) in [7, 11) is 0. The highest BCUT2D eigenvalue weighted by Gasteiger charge is 2.30. The van der Waals surface area contributed by atoms with E-state index in [0.717, 1.165) is 19.5 Å². The molecule has 0 saturated carbocycles. The summed E-state index contributed by atoms with van der Waals surface area (Å²) in [6.07, 6.45) is -1.18. The maximum Gasteiger partial charge on any atom is 0.251 e. The largest absolute Gasteiger partial charge is 0.311 e. The van der Waals surface area contributed by atoms with Crippen LogP contribution in [-0.4, -0.2) is 43.0 Å². The Morgan fingerprint density at radius 3 is 2.67 bits per heavy atom. The number of hydrogen-bond acceptors (Lipinski definition) is 2. The molecule has 1 rings (SSSR count). The summed E-state index contributed by atoms with van der Waals surface area (Å²) in [4.78, 5) is 1.94. The lowest BCUT2D eigenvalue weighted by Crippen LogP contribution is -2.58. The predicted octanol–water partition coefficient (Wildman–Crippen LogP) is 1.96. The highest BCUT2D eigenvalue weighted by atomic mass is 19.3. The molecule has 0 aromatic heterocycles. The minimum absolute atomic E-state index is 0.0823. The van der Waals surface area contributed by atoms with Gasteiger partial charge in [-0.1, -0.05) is 20.3 Å². The Morgan fingerprint density at radius 1 is 1.47 bits per heavy atom. The van der Waals surface area contributed by atoms with Crippen LogP contribution in [0.25, 0.3) is 0 Å². The van der Waals surface area contributed by atoms with Gasteiger partial charge in [0.05, 0.1) is 6.54 Å². The molecule has 0 bridgehead atoms. The smallest absolute Gasteiger partial charge is 0.251 e. The van der Waals surface area contributed by atoms with Gasteiger partial charge in [-0.2, -0.15) is 0 Å². The third kappa shape index (κ3) is 3.68. The van der Waals surface area contributed by atoms with Gasteiger partial charge in [-0.15, -0.1) is 0 Å². The van der Waals surface area contributed by atoms with E-state index >= 15 is 0 Å². The van der Waals surface area contributed by atoms with Crippen molar-refractivity contribution in [3.8, 4) is 0 Å². The van der Waals surface area contributed by atoms with Crippen LogP contribution < -0.4 is 5.32 Å². The van der Waals surface area contributed by atoms with Crippen LogP contribution in [0.15, 0.2) is 0 Å².